The van der Waals surface area contributed by atoms with Crippen molar-refractivity contribution >= 4 is 11.6 Å². The summed E-state index contributed by atoms with van der Waals surface area (Å²) < 4.78 is 1.96. The number of amides is 1. The van der Waals surface area contributed by atoms with Crippen LogP contribution in [0, 0.1) is 5.92 Å². The molecule has 1 fully saturated rings. The molecule has 4 heteroatoms. The smallest absolute Gasteiger partial charge is 0.228 e. The molecule has 2 aromatic rings. The van der Waals surface area contributed by atoms with Gasteiger partial charge in [-0.3, -0.25) is 4.79 Å². The van der Waals surface area contributed by atoms with Crippen LogP contribution in [0.1, 0.15) is 25.5 Å². The summed E-state index contributed by atoms with van der Waals surface area (Å²) in [4.78, 5) is 18.7. The number of rotatable bonds is 2. The zero-order valence-electron chi connectivity index (χ0n) is 11.2. The lowest BCUT2D eigenvalue weighted by atomic mass is 9.99. The molecule has 0 saturated carbocycles. The molecule has 1 aliphatic rings. The van der Waals surface area contributed by atoms with Crippen molar-refractivity contribution in [2.45, 2.75) is 26.2 Å². The van der Waals surface area contributed by atoms with Crippen molar-refractivity contribution in [2.75, 3.05) is 13.1 Å². The summed E-state index contributed by atoms with van der Waals surface area (Å²) in [7, 11) is 0. The summed E-state index contributed by atoms with van der Waals surface area (Å²) >= 11 is 0. The monoisotopic (exact) mass is 257 g/mol. The lowest BCUT2D eigenvalue weighted by Crippen LogP contribution is -2.38. The van der Waals surface area contributed by atoms with Gasteiger partial charge in [-0.05, 0) is 30.9 Å². The van der Waals surface area contributed by atoms with Crippen molar-refractivity contribution in [2.24, 2.45) is 5.92 Å². The van der Waals surface area contributed by atoms with Gasteiger partial charge in [0.1, 0.15) is 5.65 Å². The highest BCUT2D eigenvalue weighted by molar-refractivity contribution is 5.78. The Bertz CT molecular complexity index is 549. The standard InChI is InChI=1S/C15H19N3O/c1-12-5-8-17(9-6-12)15(19)10-13-11-18-7-3-2-4-14(18)16-13/h2-4,7,11-12H,5-6,8-10H2,1H3. The molecule has 1 aliphatic heterocycles. The molecule has 1 amide bonds. The molecule has 0 N–H and O–H groups in total. The Labute approximate surface area is 113 Å². The van der Waals surface area contributed by atoms with Gasteiger partial charge in [0.15, 0.2) is 0 Å². The second kappa shape index (κ2) is 5.03. The number of carbonyl (C=O) groups excluding carboxylic acids is 1. The van der Waals surface area contributed by atoms with Crippen molar-refractivity contribution in [3.8, 4) is 0 Å². The van der Waals surface area contributed by atoms with E-state index in [1.807, 2.05) is 39.9 Å². The molecule has 3 heterocycles. The van der Waals surface area contributed by atoms with Crippen LogP contribution in [-0.2, 0) is 11.2 Å². The Morgan fingerprint density at radius 2 is 2.16 bits per heavy atom. The molecule has 0 atom stereocenters. The molecule has 0 spiro atoms. The zero-order valence-corrected chi connectivity index (χ0v) is 11.2. The van der Waals surface area contributed by atoms with Crippen molar-refractivity contribution in [3.63, 3.8) is 0 Å². The van der Waals surface area contributed by atoms with Crippen molar-refractivity contribution in [1.82, 2.24) is 14.3 Å². The quantitative estimate of drug-likeness (QED) is 0.826. The number of fused-ring (bicyclic) bond motifs is 1. The van der Waals surface area contributed by atoms with Crippen LogP contribution in [0.2, 0.25) is 0 Å². The molecule has 0 unspecified atom stereocenters. The number of nitrogens with zero attached hydrogens (tertiary/aromatic N) is 3. The molecule has 3 rings (SSSR count). The van der Waals surface area contributed by atoms with Crippen LogP contribution in [0.5, 0.6) is 0 Å². The van der Waals surface area contributed by atoms with Gasteiger partial charge >= 0.3 is 0 Å². The first-order valence-corrected chi connectivity index (χ1v) is 6.93. The number of carbonyl (C=O) groups is 1. The maximum Gasteiger partial charge on any atom is 0.228 e. The molecule has 0 aromatic carbocycles. The fraction of sp³-hybridized carbons (Fsp3) is 0.467. The number of hydrogen-bond acceptors (Lipinski definition) is 2. The SMILES string of the molecule is CC1CCN(C(=O)Cc2cn3ccccc3n2)CC1. The number of likely N-dealkylation sites (tertiary alicyclic amines) is 1. The highest BCUT2D eigenvalue weighted by Gasteiger charge is 2.20. The van der Waals surface area contributed by atoms with Crippen molar-refractivity contribution < 1.29 is 4.79 Å². The van der Waals surface area contributed by atoms with Gasteiger partial charge < -0.3 is 9.30 Å². The Kier molecular flexibility index (Phi) is 3.23. The third-order valence-electron chi connectivity index (χ3n) is 3.88. The first-order valence-electron chi connectivity index (χ1n) is 6.93. The van der Waals surface area contributed by atoms with Gasteiger partial charge in [-0.25, -0.2) is 4.98 Å². The van der Waals surface area contributed by atoms with Crippen LogP contribution >= 0.6 is 0 Å². The highest BCUT2D eigenvalue weighted by Crippen LogP contribution is 2.17. The Morgan fingerprint density at radius 3 is 2.89 bits per heavy atom. The summed E-state index contributed by atoms with van der Waals surface area (Å²) in [5.74, 6) is 0.953. The summed E-state index contributed by atoms with van der Waals surface area (Å²) in [6.45, 7) is 4.05. The lowest BCUT2D eigenvalue weighted by molar-refractivity contribution is -0.131. The molecule has 0 bridgehead atoms. The van der Waals surface area contributed by atoms with Gasteiger partial charge in [-0.1, -0.05) is 13.0 Å². The van der Waals surface area contributed by atoms with Crippen LogP contribution in [0.25, 0.3) is 5.65 Å². The summed E-state index contributed by atoms with van der Waals surface area (Å²) in [5, 5.41) is 0. The minimum atomic E-state index is 0.204. The van der Waals surface area contributed by atoms with Crippen LogP contribution in [0.4, 0.5) is 0 Å². The van der Waals surface area contributed by atoms with E-state index in [1.165, 1.54) is 0 Å². The maximum absolute atomic E-state index is 12.2. The minimum Gasteiger partial charge on any atom is -0.342 e. The summed E-state index contributed by atoms with van der Waals surface area (Å²) in [5.41, 5.74) is 1.76. The predicted molar refractivity (Wildman–Crippen MR) is 73.9 cm³/mol. The van der Waals surface area contributed by atoms with E-state index in [-0.39, 0.29) is 5.91 Å². The van der Waals surface area contributed by atoms with Gasteiger partial charge in [0.2, 0.25) is 5.91 Å². The van der Waals surface area contributed by atoms with E-state index < -0.39 is 0 Å². The highest BCUT2D eigenvalue weighted by atomic mass is 16.2. The van der Waals surface area contributed by atoms with Gasteiger partial charge in [0.05, 0.1) is 12.1 Å². The van der Waals surface area contributed by atoms with Crippen molar-refractivity contribution in [1.29, 1.82) is 0 Å². The van der Waals surface area contributed by atoms with Gasteiger partial charge in [-0.2, -0.15) is 0 Å². The molecule has 0 aliphatic carbocycles. The first-order chi connectivity index (χ1) is 9.22. The minimum absolute atomic E-state index is 0.204. The van der Waals surface area contributed by atoms with Crippen molar-refractivity contribution in [3.05, 3.63) is 36.3 Å². The molecule has 0 radical (unpaired) electrons. The number of pyridine rings is 1. The van der Waals surface area contributed by atoms with Gasteiger partial charge in [-0.15, -0.1) is 0 Å². The van der Waals surface area contributed by atoms with E-state index in [0.29, 0.717) is 6.42 Å². The lowest BCUT2D eigenvalue weighted by Gasteiger charge is -2.30. The predicted octanol–water partition coefficient (Wildman–Crippen LogP) is 2.14. The fourth-order valence-electron chi connectivity index (χ4n) is 2.60. The zero-order chi connectivity index (χ0) is 13.2. The fourth-order valence-corrected chi connectivity index (χ4v) is 2.60. The molecule has 4 nitrogen and oxygen atoms in total. The summed E-state index contributed by atoms with van der Waals surface area (Å²) in [6, 6.07) is 5.88. The molecule has 19 heavy (non-hydrogen) atoms. The molecular formula is C15H19N3O. The van der Waals surface area contributed by atoms with Crippen LogP contribution < -0.4 is 0 Å². The topological polar surface area (TPSA) is 37.6 Å². The van der Waals surface area contributed by atoms with Gasteiger partial charge in [0.25, 0.3) is 0 Å². The number of imidazole rings is 1. The third-order valence-corrected chi connectivity index (χ3v) is 3.88. The summed E-state index contributed by atoms with van der Waals surface area (Å²) in [6.07, 6.45) is 6.56. The molecule has 1 saturated heterocycles. The second-order valence-corrected chi connectivity index (χ2v) is 5.44. The van der Waals surface area contributed by atoms with E-state index in [2.05, 4.69) is 11.9 Å². The van der Waals surface area contributed by atoms with E-state index >= 15 is 0 Å². The van der Waals surface area contributed by atoms with Crippen LogP contribution in [-0.4, -0.2) is 33.3 Å². The molecule has 2 aromatic heterocycles. The Morgan fingerprint density at radius 1 is 1.37 bits per heavy atom. The molecule has 100 valence electrons. The van der Waals surface area contributed by atoms with E-state index in [4.69, 9.17) is 0 Å². The van der Waals surface area contributed by atoms with Gasteiger partial charge in [0, 0.05) is 25.5 Å². The van der Waals surface area contributed by atoms with Crippen LogP contribution in [0.3, 0.4) is 0 Å². The second-order valence-electron chi connectivity index (χ2n) is 5.44. The number of hydrogen-bond donors (Lipinski definition) is 0. The average molecular weight is 257 g/mol. The maximum atomic E-state index is 12.2. The number of aromatic nitrogens is 2. The Balaban J connectivity index is 1.68. The largest absolute Gasteiger partial charge is 0.342 e. The normalized spacial score (nSPS) is 17.0. The first kappa shape index (κ1) is 12.2. The third kappa shape index (κ3) is 2.62. The molecular weight excluding hydrogens is 238 g/mol. The number of piperidine rings is 1. The van der Waals surface area contributed by atoms with Crippen LogP contribution in [0.15, 0.2) is 30.6 Å². The Hall–Kier alpha value is -1.84. The average Bonchev–Trinajstić information content (AvgIpc) is 2.81. The van der Waals surface area contributed by atoms with E-state index in [1.54, 1.807) is 0 Å². The van der Waals surface area contributed by atoms with E-state index in [0.717, 1.165) is 43.2 Å². The van der Waals surface area contributed by atoms with E-state index in [9.17, 15) is 4.79 Å².